The summed E-state index contributed by atoms with van der Waals surface area (Å²) >= 11 is 0. The fraction of sp³-hybridized carbons (Fsp3) is 0.346. The van der Waals surface area contributed by atoms with Gasteiger partial charge in [0.05, 0.1) is 22.6 Å². The molecule has 3 N–H and O–H groups in total. The van der Waals surface area contributed by atoms with E-state index in [0.29, 0.717) is 18.6 Å². The molecular formula is C26H28F3N5O2. The Morgan fingerprint density at radius 2 is 1.97 bits per heavy atom. The number of nitrogens with two attached hydrogens (primary N) is 1. The number of rotatable bonds is 5. The number of nitrogens with zero attached hydrogens (tertiary/aromatic N) is 3. The molecule has 2 aromatic carbocycles. The number of hydrogen-bond donors (Lipinski definition) is 2. The van der Waals surface area contributed by atoms with Crippen LogP contribution in [-0.4, -0.2) is 45.9 Å². The van der Waals surface area contributed by atoms with Crippen molar-refractivity contribution in [3.8, 4) is 0 Å². The van der Waals surface area contributed by atoms with Crippen molar-refractivity contribution in [1.82, 2.24) is 14.5 Å². The van der Waals surface area contributed by atoms with Crippen molar-refractivity contribution in [2.24, 2.45) is 5.73 Å². The van der Waals surface area contributed by atoms with Gasteiger partial charge in [-0.2, -0.15) is 13.2 Å². The quantitative estimate of drug-likeness (QED) is 0.499. The van der Waals surface area contributed by atoms with Gasteiger partial charge in [0.25, 0.3) is 5.91 Å². The molecule has 7 nitrogen and oxygen atoms in total. The van der Waals surface area contributed by atoms with Gasteiger partial charge in [-0.3, -0.25) is 14.9 Å². The standard InChI is InChI=1S/C26H28F3N5O2/c1-17-7-4-11-21-23(17)34(20-10-2-3-14-33(16-20)22(35)12-6-13-30)25(31-21)32-24(36)18-8-5-9-19(15-18)26(27,28)29/h4-9,11-12,15,20H,2-3,10,13-14,16,30H2,1H3,(H,31,32,36)/b12-6+. The molecule has 1 aromatic heterocycles. The highest BCUT2D eigenvalue weighted by Gasteiger charge is 2.31. The lowest BCUT2D eigenvalue weighted by molar-refractivity contribution is -0.137. The molecule has 2 heterocycles. The fourth-order valence-electron chi connectivity index (χ4n) is 4.58. The smallest absolute Gasteiger partial charge is 0.337 e. The number of hydrogen-bond acceptors (Lipinski definition) is 4. The number of halogens is 3. The molecule has 10 heteroatoms. The van der Waals surface area contributed by atoms with Crippen molar-refractivity contribution in [2.75, 3.05) is 25.0 Å². The van der Waals surface area contributed by atoms with Gasteiger partial charge in [-0.15, -0.1) is 0 Å². The van der Waals surface area contributed by atoms with Gasteiger partial charge in [0.2, 0.25) is 11.9 Å². The second-order valence-electron chi connectivity index (χ2n) is 8.85. The second-order valence-corrected chi connectivity index (χ2v) is 8.85. The molecule has 190 valence electrons. The maximum Gasteiger partial charge on any atom is 0.416 e. The summed E-state index contributed by atoms with van der Waals surface area (Å²) in [6.45, 7) is 3.20. The van der Waals surface area contributed by atoms with Crippen molar-refractivity contribution in [2.45, 2.75) is 38.4 Å². The van der Waals surface area contributed by atoms with Crippen molar-refractivity contribution >= 4 is 28.8 Å². The average Bonchev–Trinajstić information content (AvgIpc) is 3.04. The van der Waals surface area contributed by atoms with Gasteiger partial charge in [0.1, 0.15) is 0 Å². The molecule has 0 aliphatic carbocycles. The topological polar surface area (TPSA) is 93.2 Å². The van der Waals surface area contributed by atoms with Gasteiger partial charge >= 0.3 is 6.18 Å². The highest BCUT2D eigenvalue weighted by molar-refractivity contribution is 6.04. The Labute approximate surface area is 206 Å². The maximum absolute atomic E-state index is 13.2. The van der Waals surface area contributed by atoms with E-state index in [1.807, 2.05) is 29.7 Å². The molecule has 4 rings (SSSR count). The highest BCUT2D eigenvalue weighted by atomic mass is 19.4. The minimum atomic E-state index is -4.56. The van der Waals surface area contributed by atoms with E-state index in [1.54, 1.807) is 11.0 Å². The first-order chi connectivity index (χ1) is 17.2. The molecule has 1 saturated heterocycles. The van der Waals surface area contributed by atoms with Crippen LogP contribution in [0.2, 0.25) is 0 Å². The van der Waals surface area contributed by atoms with Crippen molar-refractivity contribution in [3.63, 3.8) is 0 Å². The summed E-state index contributed by atoms with van der Waals surface area (Å²) < 4.78 is 41.4. The summed E-state index contributed by atoms with van der Waals surface area (Å²) in [7, 11) is 0. The van der Waals surface area contributed by atoms with Crippen molar-refractivity contribution < 1.29 is 22.8 Å². The molecule has 0 saturated carbocycles. The van der Waals surface area contributed by atoms with Crippen LogP contribution in [0.25, 0.3) is 11.0 Å². The number of amides is 2. The number of aromatic nitrogens is 2. The molecule has 1 aliphatic rings. The number of alkyl halides is 3. The van der Waals surface area contributed by atoms with Gasteiger partial charge in [0.15, 0.2) is 0 Å². The molecule has 0 spiro atoms. The minimum Gasteiger partial charge on any atom is -0.337 e. The van der Waals surface area contributed by atoms with Crippen LogP contribution in [0.5, 0.6) is 0 Å². The first-order valence-electron chi connectivity index (χ1n) is 11.8. The minimum absolute atomic E-state index is 0.121. The Morgan fingerprint density at radius 3 is 2.72 bits per heavy atom. The van der Waals surface area contributed by atoms with E-state index >= 15 is 0 Å². The zero-order valence-corrected chi connectivity index (χ0v) is 19.9. The molecule has 1 unspecified atom stereocenters. The molecule has 1 atom stereocenters. The summed E-state index contributed by atoms with van der Waals surface area (Å²) in [5.41, 5.74) is 6.88. The number of carbonyl (C=O) groups is 2. The van der Waals surface area contributed by atoms with Crippen molar-refractivity contribution in [3.05, 3.63) is 71.3 Å². The van der Waals surface area contributed by atoms with E-state index in [-0.39, 0.29) is 30.0 Å². The summed E-state index contributed by atoms with van der Waals surface area (Å²) in [6.07, 6.45) is 0.958. The SMILES string of the molecule is Cc1cccc2nc(NC(=O)c3cccc(C(F)(F)F)c3)n(C3CCCCN(C(=O)/C=C/CN)C3)c12. The van der Waals surface area contributed by atoms with E-state index in [9.17, 15) is 22.8 Å². The van der Waals surface area contributed by atoms with Crippen LogP contribution >= 0.6 is 0 Å². The Kier molecular flexibility index (Phi) is 7.44. The van der Waals surface area contributed by atoms with Crippen molar-refractivity contribution in [1.29, 1.82) is 0 Å². The fourth-order valence-corrected chi connectivity index (χ4v) is 4.58. The van der Waals surface area contributed by atoms with Crippen LogP contribution in [0.15, 0.2) is 54.6 Å². The zero-order valence-electron chi connectivity index (χ0n) is 19.9. The molecule has 1 aliphatic heterocycles. The Morgan fingerprint density at radius 1 is 1.19 bits per heavy atom. The number of fused-ring (bicyclic) bond motifs is 1. The van der Waals surface area contributed by atoms with Crippen LogP contribution in [0.1, 0.15) is 46.8 Å². The number of benzene rings is 2. The summed E-state index contributed by atoms with van der Waals surface area (Å²) in [5.74, 6) is -0.593. The third-order valence-corrected chi connectivity index (χ3v) is 6.31. The Hall–Kier alpha value is -3.66. The van der Waals surface area contributed by atoms with E-state index in [4.69, 9.17) is 5.73 Å². The predicted molar refractivity (Wildman–Crippen MR) is 132 cm³/mol. The first-order valence-corrected chi connectivity index (χ1v) is 11.8. The average molecular weight is 500 g/mol. The first kappa shape index (κ1) is 25.4. The summed E-state index contributed by atoms with van der Waals surface area (Å²) in [5, 5.41) is 2.73. The highest BCUT2D eigenvalue weighted by Crippen LogP contribution is 2.33. The van der Waals surface area contributed by atoms with Gasteiger partial charge < -0.3 is 15.2 Å². The largest absolute Gasteiger partial charge is 0.416 e. The maximum atomic E-state index is 13.2. The van der Waals surface area contributed by atoms with Crippen LogP contribution < -0.4 is 11.1 Å². The van der Waals surface area contributed by atoms with Crippen LogP contribution in [0.4, 0.5) is 19.1 Å². The lowest BCUT2D eigenvalue weighted by Crippen LogP contribution is -2.34. The number of anilines is 1. The van der Waals surface area contributed by atoms with Crippen LogP contribution in [0, 0.1) is 6.92 Å². The molecule has 0 radical (unpaired) electrons. The number of aryl methyl sites for hydroxylation is 1. The molecule has 36 heavy (non-hydrogen) atoms. The predicted octanol–water partition coefficient (Wildman–Crippen LogP) is 4.68. The van der Waals surface area contributed by atoms with Gasteiger partial charge in [-0.1, -0.05) is 24.3 Å². The molecular weight excluding hydrogens is 471 g/mol. The Bertz CT molecular complexity index is 1300. The number of nitrogens with one attached hydrogen (secondary N) is 1. The van der Waals surface area contributed by atoms with Crippen LogP contribution in [-0.2, 0) is 11.0 Å². The third-order valence-electron chi connectivity index (χ3n) is 6.31. The number of likely N-dealkylation sites (tertiary alicyclic amines) is 1. The summed E-state index contributed by atoms with van der Waals surface area (Å²) in [4.78, 5) is 32.1. The molecule has 1 fully saturated rings. The molecule has 3 aromatic rings. The second kappa shape index (κ2) is 10.5. The monoisotopic (exact) mass is 499 g/mol. The van der Waals surface area contributed by atoms with Gasteiger partial charge in [-0.05, 0) is 56.0 Å². The summed E-state index contributed by atoms with van der Waals surface area (Å²) in [6, 6.07) is 9.70. The van der Waals surface area contributed by atoms with E-state index in [2.05, 4.69) is 10.3 Å². The van der Waals surface area contributed by atoms with E-state index < -0.39 is 17.6 Å². The lowest BCUT2D eigenvalue weighted by atomic mass is 10.1. The normalized spacial score (nSPS) is 16.9. The zero-order chi connectivity index (χ0) is 25.9. The molecule has 0 bridgehead atoms. The Balaban J connectivity index is 1.72. The van der Waals surface area contributed by atoms with E-state index in [0.717, 1.165) is 42.5 Å². The number of carbonyl (C=O) groups excluding carboxylic acids is 2. The van der Waals surface area contributed by atoms with Gasteiger partial charge in [0, 0.05) is 31.3 Å². The number of para-hydroxylation sites is 1. The number of imidazole rings is 1. The molecule has 2 amide bonds. The lowest BCUT2D eigenvalue weighted by Gasteiger charge is -2.26. The van der Waals surface area contributed by atoms with Crippen LogP contribution in [0.3, 0.4) is 0 Å². The van der Waals surface area contributed by atoms with E-state index in [1.165, 1.54) is 18.2 Å². The van der Waals surface area contributed by atoms with Gasteiger partial charge in [-0.25, -0.2) is 4.98 Å². The third kappa shape index (κ3) is 5.43.